The Bertz CT molecular complexity index is 865. The fourth-order valence-electron chi connectivity index (χ4n) is 2.55. The summed E-state index contributed by atoms with van der Waals surface area (Å²) in [5.41, 5.74) is 1.47. The average molecular weight is 311 g/mol. The Kier molecular flexibility index (Phi) is 3.97. The highest BCUT2D eigenvalue weighted by Crippen LogP contribution is 2.23. The number of ether oxygens (including phenoxy) is 1. The predicted molar refractivity (Wildman–Crippen MR) is 86.1 cm³/mol. The molecular weight excluding hydrogens is 294 g/mol. The van der Waals surface area contributed by atoms with Gasteiger partial charge in [-0.1, -0.05) is 25.1 Å². The number of benzene rings is 1. The number of carbonyl (C=O) groups is 1. The molecule has 2 aliphatic heterocycles. The summed E-state index contributed by atoms with van der Waals surface area (Å²) in [6, 6.07) is 9.13. The molecule has 0 N–H and O–H groups in total. The predicted octanol–water partition coefficient (Wildman–Crippen LogP) is 2.34. The van der Waals surface area contributed by atoms with Gasteiger partial charge in [0.15, 0.2) is 0 Å². The number of pyridine rings is 1. The second-order valence-electron chi connectivity index (χ2n) is 5.22. The van der Waals surface area contributed by atoms with E-state index in [0.29, 0.717) is 29.1 Å². The molecule has 3 rings (SSSR count). The van der Waals surface area contributed by atoms with Crippen LogP contribution in [0.2, 0.25) is 0 Å². The molecule has 0 saturated heterocycles. The van der Waals surface area contributed by atoms with E-state index < -0.39 is 5.97 Å². The van der Waals surface area contributed by atoms with Gasteiger partial charge in [-0.15, -0.1) is 0 Å². The van der Waals surface area contributed by atoms with E-state index in [-0.39, 0.29) is 5.56 Å². The minimum Gasteiger partial charge on any atom is -0.465 e. The van der Waals surface area contributed by atoms with E-state index in [9.17, 15) is 9.59 Å². The number of carbonyl (C=O) groups excluding carboxylic acids is 1. The van der Waals surface area contributed by atoms with Crippen LogP contribution in [0.5, 0.6) is 0 Å². The smallest absolute Gasteiger partial charge is 0.341 e. The molecule has 2 heterocycles. The molecule has 0 atom stereocenters. The molecule has 1 aromatic carbocycles. The van der Waals surface area contributed by atoms with Crippen molar-refractivity contribution in [3.05, 3.63) is 58.6 Å². The van der Waals surface area contributed by atoms with Crippen molar-refractivity contribution in [2.45, 2.75) is 19.9 Å². The summed E-state index contributed by atoms with van der Waals surface area (Å²) in [6.45, 7) is 2.73. The van der Waals surface area contributed by atoms with Gasteiger partial charge in [-0.05, 0) is 18.6 Å². The monoisotopic (exact) mass is 311 g/mol. The van der Waals surface area contributed by atoms with Crippen molar-refractivity contribution in [3.8, 4) is 16.9 Å². The van der Waals surface area contributed by atoms with E-state index in [0.717, 1.165) is 6.42 Å². The number of rotatable bonds is 4. The van der Waals surface area contributed by atoms with Crippen molar-refractivity contribution in [1.29, 1.82) is 0 Å². The van der Waals surface area contributed by atoms with Crippen molar-refractivity contribution in [1.82, 2.24) is 14.3 Å². The highest BCUT2D eigenvalue weighted by atomic mass is 16.5. The minimum absolute atomic E-state index is 0.248. The molecule has 0 aliphatic carbocycles. The molecule has 118 valence electrons. The molecule has 0 bridgehead atoms. The van der Waals surface area contributed by atoms with E-state index in [4.69, 9.17) is 4.74 Å². The van der Waals surface area contributed by atoms with Crippen molar-refractivity contribution in [2.75, 3.05) is 7.11 Å². The van der Waals surface area contributed by atoms with Gasteiger partial charge in [-0.25, -0.2) is 4.79 Å². The maximum atomic E-state index is 12.7. The van der Waals surface area contributed by atoms with Gasteiger partial charge in [0.05, 0.1) is 18.4 Å². The largest absolute Gasteiger partial charge is 0.465 e. The first-order valence-electron chi connectivity index (χ1n) is 7.42. The average Bonchev–Trinajstić information content (AvgIpc) is 2.92. The van der Waals surface area contributed by atoms with Crippen LogP contribution in [0.25, 0.3) is 16.9 Å². The van der Waals surface area contributed by atoms with Crippen molar-refractivity contribution in [2.24, 2.45) is 0 Å². The lowest BCUT2D eigenvalue weighted by atomic mass is 10.1. The van der Waals surface area contributed by atoms with Gasteiger partial charge >= 0.3 is 5.97 Å². The van der Waals surface area contributed by atoms with Gasteiger partial charge < -0.3 is 9.30 Å². The Morgan fingerprint density at radius 3 is 2.61 bits per heavy atom. The van der Waals surface area contributed by atoms with E-state index >= 15 is 0 Å². The van der Waals surface area contributed by atoms with E-state index in [1.165, 1.54) is 11.8 Å². The van der Waals surface area contributed by atoms with Gasteiger partial charge in [-0.3, -0.25) is 4.79 Å². The number of aromatic nitrogens is 3. The summed E-state index contributed by atoms with van der Waals surface area (Å²) in [7, 11) is 1.32. The van der Waals surface area contributed by atoms with Gasteiger partial charge in [0.1, 0.15) is 11.3 Å². The molecular formula is C17H17N3O3. The maximum absolute atomic E-state index is 12.7. The number of methoxy groups -OCH3 is 1. The Balaban J connectivity index is 2.27. The first kappa shape index (κ1) is 15.0. The molecule has 23 heavy (non-hydrogen) atoms. The zero-order valence-electron chi connectivity index (χ0n) is 13.0. The number of nitrogens with zero attached hydrogens (tertiary/aromatic N) is 3. The Morgan fingerprint density at radius 2 is 1.96 bits per heavy atom. The Morgan fingerprint density at radius 1 is 1.22 bits per heavy atom. The van der Waals surface area contributed by atoms with Gasteiger partial charge in [0.25, 0.3) is 5.56 Å². The summed E-state index contributed by atoms with van der Waals surface area (Å²) in [5, 5.41) is 4.34. The highest BCUT2D eigenvalue weighted by molar-refractivity contribution is 5.96. The third-order valence-electron chi connectivity index (χ3n) is 3.61. The van der Waals surface area contributed by atoms with Crippen LogP contribution < -0.4 is 5.56 Å². The second-order valence-corrected chi connectivity index (χ2v) is 5.22. The fourth-order valence-corrected chi connectivity index (χ4v) is 2.55. The summed E-state index contributed by atoms with van der Waals surface area (Å²) >= 11 is 0. The number of aryl methyl sites for hydroxylation is 1. The minimum atomic E-state index is -0.502. The lowest BCUT2D eigenvalue weighted by molar-refractivity contribution is 0.0600. The van der Waals surface area contributed by atoms with Crippen LogP contribution in [0.3, 0.4) is 0 Å². The van der Waals surface area contributed by atoms with Crippen LogP contribution >= 0.6 is 0 Å². The molecule has 6 nitrogen and oxygen atoms in total. The molecule has 0 spiro atoms. The Labute approximate surface area is 133 Å². The van der Waals surface area contributed by atoms with Crippen LogP contribution in [-0.2, 0) is 11.3 Å². The molecule has 1 aromatic rings. The van der Waals surface area contributed by atoms with Gasteiger partial charge in [0.2, 0.25) is 0 Å². The highest BCUT2D eigenvalue weighted by Gasteiger charge is 2.24. The third kappa shape index (κ3) is 2.63. The van der Waals surface area contributed by atoms with E-state index in [2.05, 4.69) is 5.10 Å². The lowest BCUT2D eigenvalue weighted by Gasteiger charge is -2.10. The topological polar surface area (TPSA) is 66.1 Å². The summed E-state index contributed by atoms with van der Waals surface area (Å²) in [6.07, 6.45) is 4.30. The Hall–Kier alpha value is -2.89. The molecule has 0 fully saturated rings. The van der Waals surface area contributed by atoms with Crippen molar-refractivity contribution in [3.63, 3.8) is 0 Å². The number of hydrogen-bond donors (Lipinski definition) is 0. The zero-order valence-corrected chi connectivity index (χ0v) is 13.0. The molecule has 0 amide bonds. The second kappa shape index (κ2) is 6.08. The standard InChI is InChI=1S/C17H17N3O3/c1-3-9-19-10-13-15(14(11-19)17(22)23-2)18-20(16(13)21)12-7-5-4-6-8-12/h4-8,10-11H,3,9H2,1-2H3. The molecule has 0 unspecified atom stereocenters. The summed E-state index contributed by atoms with van der Waals surface area (Å²) in [4.78, 5) is 24.7. The van der Waals surface area contributed by atoms with Crippen LogP contribution in [0, 0.1) is 0 Å². The van der Waals surface area contributed by atoms with E-state index in [1.807, 2.05) is 29.7 Å². The molecule has 2 aliphatic rings. The third-order valence-corrected chi connectivity index (χ3v) is 3.61. The molecule has 0 radical (unpaired) electrons. The number of fused-ring (bicyclic) bond motifs is 1. The molecule has 0 saturated carbocycles. The van der Waals surface area contributed by atoms with Crippen LogP contribution in [0.1, 0.15) is 23.7 Å². The number of esters is 1. The first-order chi connectivity index (χ1) is 11.2. The number of hydrogen-bond acceptors (Lipinski definition) is 4. The lowest BCUT2D eigenvalue weighted by Crippen LogP contribution is -2.15. The molecule has 6 heteroatoms. The zero-order chi connectivity index (χ0) is 16.4. The quantitative estimate of drug-likeness (QED) is 0.694. The van der Waals surface area contributed by atoms with Crippen LogP contribution in [-0.4, -0.2) is 27.4 Å². The van der Waals surface area contributed by atoms with Gasteiger partial charge in [-0.2, -0.15) is 9.78 Å². The van der Waals surface area contributed by atoms with E-state index in [1.54, 1.807) is 24.5 Å². The summed E-state index contributed by atoms with van der Waals surface area (Å²) in [5.74, 6) is -0.502. The van der Waals surface area contributed by atoms with Crippen molar-refractivity contribution < 1.29 is 9.53 Å². The maximum Gasteiger partial charge on any atom is 0.341 e. The fraction of sp³-hybridized carbons (Fsp3) is 0.235. The first-order valence-corrected chi connectivity index (χ1v) is 7.42. The molecule has 0 aromatic heterocycles. The van der Waals surface area contributed by atoms with Crippen molar-refractivity contribution >= 4 is 5.97 Å². The van der Waals surface area contributed by atoms with Crippen LogP contribution in [0.4, 0.5) is 0 Å². The van der Waals surface area contributed by atoms with Gasteiger partial charge in [0, 0.05) is 18.9 Å². The number of para-hydroxylation sites is 1. The SMILES string of the molecule is CCCn1cc(C(=O)OC)c2nn(-c3ccccc3)c(=O)c-2c1. The van der Waals surface area contributed by atoms with Crippen LogP contribution in [0.15, 0.2) is 47.5 Å². The normalized spacial score (nSPS) is 10.9. The summed E-state index contributed by atoms with van der Waals surface area (Å²) < 4.78 is 7.97.